The SMILES string of the molecule is CC(C)C(NCCN1CCCC1)C(=O)O. The number of carboxylic acid groups (broad SMARTS) is 1. The van der Waals surface area contributed by atoms with Crippen molar-refractivity contribution in [3.8, 4) is 0 Å². The average Bonchev–Trinajstić information content (AvgIpc) is 2.63. The van der Waals surface area contributed by atoms with Crippen molar-refractivity contribution in [2.24, 2.45) is 5.92 Å². The molecule has 4 heteroatoms. The predicted octanol–water partition coefficient (Wildman–Crippen LogP) is 0.781. The number of carboxylic acids is 1. The highest BCUT2D eigenvalue weighted by atomic mass is 16.4. The van der Waals surface area contributed by atoms with Crippen molar-refractivity contribution in [3.63, 3.8) is 0 Å². The Labute approximate surface area is 91.6 Å². The van der Waals surface area contributed by atoms with Crippen LogP contribution < -0.4 is 5.32 Å². The number of hydrogen-bond acceptors (Lipinski definition) is 3. The Morgan fingerprint density at radius 3 is 2.47 bits per heavy atom. The van der Waals surface area contributed by atoms with Gasteiger partial charge in [0, 0.05) is 13.1 Å². The molecule has 0 spiro atoms. The summed E-state index contributed by atoms with van der Waals surface area (Å²) in [6, 6.07) is -0.410. The van der Waals surface area contributed by atoms with E-state index in [1.54, 1.807) is 0 Å². The van der Waals surface area contributed by atoms with E-state index < -0.39 is 12.0 Å². The van der Waals surface area contributed by atoms with Crippen molar-refractivity contribution in [1.29, 1.82) is 0 Å². The van der Waals surface area contributed by atoms with Gasteiger partial charge in [0.2, 0.25) is 0 Å². The second-order valence-corrected chi connectivity index (χ2v) is 4.56. The molecule has 1 aliphatic rings. The van der Waals surface area contributed by atoms with Crippen molar-refractivity contribution in [3.05, 3.63) is 0 Å². The first-order chi connectivity index (χ1) is 7.11. The minimum absolute atomic E-state index is 0.140. The van der Waals surface area contributed by atoms with Crippen molar-refractivity contribution < 1.29 is 9.90 Å². The Morgan fingerprint density at radius 2 is 2.00 bits per heavy atom. The molecule has 0 saturated carbocycles. The highest BCUT2D eigenvalue weighted by Gasteiger charge is 2.20. The Balaban J connectivity index is 2.18. The van der Waals surface area contributed by atoms with Gasteiger partial charge in [-0.15, -0.1) is 0 Å². The van der Waals surface area contributed by atoms with Gasteiger partial charge in [-0.2, -0.15) is 0 Å². The van der Waals surface area contributed by atoms with Crippen LogP contribution >= 0.6 is 0 Å². The Kier molecular flexibility index (Phi) is 5.05. The molecule has 0 aromatic carbocycles. The van der Waals surface area contributed by atoms with Crippen molar-refractivity contribution >= 4 is 5.97 Å². The smallest absolute Gasteiger partial charge is 0.320 e. The van der Waals surface area contributed by atoms with E-state index in [4.69, 9.17) is 5.11 Å². The molecule has 0 amide bonds. The zero-order chi connectivity index (χ0) is 11.3. The highest BCUT2D eigenvalue weighted by Crippen LogP contribution is 2.06. The van der Waals surface area contributed by atoms with Crippen LogP contribution in [0.15, 0.2) is 0 Å². The normalized spacial score (nSPS) is 19.7. The van der Waals surface area contributed by atoms with Crippen LogP contribution in [0.4, 0.5) is 0 Å². The van der Waals surface area contributed by atoms with E-state index in [-0.39, 0.29) is 5.92 Å². The third-order valence-corrected chi connectivity index (χ3v) is 2.92. The maximum absolute atomic E-state index is 10.9. The van der Waals surface area contributed by atoms with Crippen LogP contribution in [0, 0.1) is 5.92 Å². The molecule has 1 unspecified atom stereocenters. The Bertz CT molecular complexity index is 201. The first-order valence-electron chi connectivity index (χ1n) is 5.80. The maximum atomic E-state index is 10.9. The summed E-state index contributed by atoms with van der Waals surface area (Å²) < 4.78 is 0. The van der Waals surface area contributed by atoms with Crippen LogP contribution in [-0.2, 0) is 4.79 Å². The third-order valence-electron chi connectivity index (χ3n) is 2.92. The molecule has 0 bridgehead atoms. The predicted molar refractivity (Wildman–Crippen MR) is 59.9 cm³/mol. The van der Waals surface area contributed by atoms with Crippen molar-refractivity contribution in [2.75, 3.05) is 26.2 Å². The summed E-state index contributed by atoms with van der Waals surface area (Å²) in [5.41, 5.74) is 0. The number of aliphatic carboxylic acids is 1. The van der Waals surface area contributed by atoms with Crippen molar-refractivity contribution in [1.82, 2.24) is 10.2 Å². The summed E-state index contributed by atoms with van der Waals surface area (Å²) >= 11 is 0. The molecular formula is C11H22N2O2. The lowest BCUT2D eigenvalue weighted by molar-refractivity contribution is -0.140. The summed E-state index contributed by atoms with van der Waals surface area (Å²) in [5.74, 6) is -0.604. The Hall–Kier alpha value is -0.610. The van der Waals surface area contributed by atoms with E-state index in [1.807, 2.05) is 13.8 Å². The number of rotatable bonds is 6. The molecule has 1 aliphatic heterocycles. The first-order valence-corrected chi connectivity index (χ1v) is 5.80. The molecule has 1 rings (SSSR count). The molecule has 4 nitrogen and oxygen atoms in total. The summed E-state index contributed by atoms with van der Waals surface area (Å²) in [6.45, 7) is 7.94. The van der Waals surface area contributed by atoms with Gasteiger partial charge in [0.1, 0.15) is 6.04 Å². The quantitative estimate of drug-likeness (QED) is 0.686. The Morgan fingerprint density at radius 1 is 1.40 bits per heavy atom. The molecule has 1 heterocycles. The fraction of sp³-hybridized carbons (Fsp3) is 0.909. The summed E-state index contributed by atoms with van der Waals surface area (Å²) in [7, 11) is 0. The average molecular weight is 214 g/mol. The van der Waals surface area contributed by atoms with Gasteiger partial charge in [-0.1, -0.05) is 13.8 Å². The van der Waals surface area contributed by atoms with E-state index in [1.165, 1.54) is 25.9 Å². The summed E-state index contributed by atoms with van der Waals surface area (Å²) in [6.07, 6.45) is 2.57. The van der Waals surface area contributed by atoms with Crippen LogP contribution in [0.5, 0.6) is 0 Å². The number of nitrogens with one attached hydrogen (secondary N) is 1. The molecule has 15 heavy (non-hydrogen) atoms. The van der Waals surface area contributed by atoms with Gasteiger partial charge in [-0.25, -0.2) is 0 Å². The molecule has 1 atom stereocenters. The number of nitrogens with zero attached hydrogens (tertiary/aromatic N) is 1. The second-order valence-electron chi connectivity index (χ2n) is 4.56. The molecular weight excluding hydrogens is 192 g/mol. The fourth-order valence-electron chi connectivity index (χ4n) is 1.99. The third kappa shape index (κ3) is 4.18. The highest BCUT2D eigenvalue weighted by molar-refractivity contribution is 5.73. The molecule has 1 saturated heterocycles. The lowest BCUT2D eigenvalue weighted by Crippen LogP contribution is -2.44. The van der Waals surface area contributed by atoms with Crippen molar-refractivity contribution in [2.45, 2.75) is 32.7 Å². The monoisotopic (exact) mass is 214 g/mol. The molecule has 0 aliphatic carbocycles. The van der Waals surface area contributed by atoms with Gasteiger partial charge in [-0.3, -0.25) is 4.79 Å². The molecule has 0 aromatic heterocycles. The van der Waals surface area contributed by atoms with Crippen LogP contribution in [0.3, 0.4) is 0 Å². The molecule has 2 N–H and O–H groups in total. The van der Waals surface area contributed by atoms with E-state index in [2.05, 4.69) is 10.2 Å². The zero-order valence-electron chi connectivity index (χ0n) is 9.70. The fourth-order valence-corrected chi connectivity index (χ4v) is 1.99. The molecule has 88 valence electrons. The standard InChI is InChI=1S/C11H22N2O2/c1-9(2)10(11(14)15)12-5-8-13-6-3-4-7-13/h9-10,12H,3-8H2,1-2H3,(H,14,15). The van der Waals surface area contributed by atoms with Crippen LogP contribution in [0.2, 0.25) is 0 Å². The maximum Gasteiger partial charge on any atom is 0.320 e. The minimum Gasteiger partial charge on any atom is -0.480 e. The van der Waals surface area contributed by atoms with E-state index >= 15 is 0 Å². The number of hydrogen-bond donors (Lipinski definition) is 2. The first kappa shape index (κ1) is 12.5. The van der Waals surface area contributed by atoms with E-state index in [0.29, 0.717) is 0 Å². The van der Waals surface area contributed by atoms with Crippen LogP contribution in [-0.4, -0.2) is 48.2 Å². The number of carbonyl (C=O) groups is 1. The zero-order valence-corrected chi connectivity index (χ0v) is 9.70. The second kappa shape index (κ2) is 6.08. The number of likely N-dealkylation sites (tertiary alicyclic amines) is 1. The van der Waals surface area contributed by atoms with Crippen LogP contribution in [0.25, 0.3) is 0 Å². The topological polar surface area (TPSA) is 52.6 Å². The van der Waals surface area contributed by atoms with Gasteiger partial charge < -0.3 is 15.3 Å². The van der Waals surface area contributed by atoms with Crippen LogP contribution in [0.1, 0.15) is 26.7 Å². The summed E-state index contributed by atoms with van der Waals surface area (Å²) in [4.78, 5) is 13.3. The minimum atomic E-state index is -0.744. The van der Waals surface area contributed by atoms with Gasteiger partial charge in [0.05, 0.1) is 0 Å². The largest absolute Gasteiger partial charge is 0.480 e. The molecule has 0 radical (unpaired) electrons. The molecule has 1 fully saturated rings. The molecule has 0 aromatic rings. The van der Waals surface area contributed by atoms with E-state index in [0.717, 1.165) is 13.1 Å². The van der Waals surface area contributed by atoms with Gasteiger partial charge in [0.25, 0.3) is 0 Å². The van der Waals surface area contributed by atoms with E-state index in [9.17, 15) is 4.79 Å². The van der Waals surface area contributed by atoms with Gasteiger partial charge in [0.15, 0.2) is 0 Å². The lowest BCUT2D eigenvalue weighted by Gasteiger charge is -2.20. The van der Waals surface area contributed by atoms with Gasteiger partial charge in [-0.05, 0) is 31.8 Å². The lowest BCUT2D eigenvalue weighted by atomic mass is 10.1. The summed E-state index contributed by atoms with van der Waals surface area (Å²) in [5, 5.41) is 12.1. The van der Waals surface area contributed by atoms with Gasteiger partial charge >= 0.3 is 5.97 Å².